The Hall–Kier alpha value is -2.14. The lowest BCUT2D eigenvalue weighted by Crippen LogP contribution is -2.04. The molecular weight excluding hydrogens is 264 g/mol. The predicted octanol–water partition coefficient (Wildman–Crippen LogP) is 2.89. The Morgan fingerprint density at radius 1 is 1.11 bits per heavy atom. The van der Waals surface area contributed by atoms with Crippen LogP contribution in [0.25, 0.3) is 0 Å². The third kappa shape index (κ3) is 3.42. The van der Waals surface area contributed by atoms with E-state index < -0.39 is 0 Å². The van der Waals surface area contributed by atoms with Gasteiger partial charge in [0.2, 0.25) is 0 Å². The van der Waals surface area contributed by atoms with Crippen LogP contribution in [0.4, 0.5) is 0 Å². The lowest BCUT2D eigenvalue weighted by molar-refractivity contribution is 0.0477. The van der Waals surface area contributed by atoms with Crippen LogP contribution in [-0.4, -0.2) is 19.0 Å². The molecule has 5 heteroatoms. The highest BCUT2D eigenvalue weighted by atomic mass is 32.1. The molecule has 0 aliphatic heterocycles. The zero-order chi connectivity index (χ0) is 13.7. The number of methoxy groups -OCH3 is 1. The predicted molar refractivity (Wildman–Crippen MR) is 71.2 cm³/mol. The van der Waals surface area contributed by atoms with Gasteiger partial charge in [-0.25, -0.2) is 9.59 Å². The summed E-state index contributed by atoms with van der Waals surface area (Å²) in [6.45, 7) is 0.179. The smallest absolute Gasteiger partial charge is 0.348 e. The number of benzene rings is 1. The van der Waals surface area contributed by atoms with Crippen LogP contribution in [0.1, 0.15) is 25.6 Å². The van der Waals surface area contributed by atoms with E-state index in [0.717, 1.165) is 5.56 Å². The highest BCUT2D eigenvalue weighted by molar-refractivity contribution is 7.11. The molecule has 1 aromatic carbocycles. The van der Waals surface area contributed by atoms with Crippen LogP contribution >= 0.6 is 11.3 Å². The van der Waals surface area contributed by atoms with Crippen molar-refractivity contribution in [3.63, 3.8) is 0 Å². The quantitative estimate of drug-likeness (QED) is 0.806. The van der Waals surface area contributed by atoms with E-state index >= 15 is 0 Å². The van der Waals surface area contributed by atoms with E-state index in [1.165, 1.54) is 18.4 Å². The number of thiophene rings is 1. The second kappa shape index (κ2) is 6.15. The first-order valence-corrected chi connectivity index (χ1v) is 6.46. The van der Waals surface area contributed by atoms with Gasteiger partial charge in [0.15, 0.2) is 0 Å². The molecule has 0 aliphatic rings. The van der Waals surface area contributed by atoms with Gasteiger partial charge in [0, 0.05) is 0 Å². The minimum Gasteiger partial charge on any atom is -0.465 e. The normalized spacial score (nSPS) is 9.95. The van der Waals surface area contributed by atoms with E-state index in [0.29, 0.717) is 10.4 Å². The molecule has 2 aromatic rings. The summed E-state index contributed by atoms with van der Waals surface area (Å²) in [4.78, 5) is 23.4. The lowest BCUT2D eigenvalue weighted by atomic mass is 10.1. The summed E-state index contributed by atoms with van der Waals surface area (Å²) in [5.41, 5.74) is 1.29. The molecule has 0 N–H and O–H groups in total. The van der Waals surface area contributed by atoms with E-state index in [4.69, 9.17) is 4.74 Å². The molecule has 0 fully saturated rings. The zero-order valence-corrected chi connectivity index (χ0v) is 11.1. The van der Waals surface area contributed by atoms with Crippen LogP contribution < -0.4 is 0 Å². The number of rotatable bonds is 4. The fourth-order valence-electron chi connectivity index (χ4n) is 1.47. The lowest BCUT2D eigenvalue weighted by Gasteiger charge is -2.04. The van der Waals surface area contributed by atoms with Crippen molar-refractivity contribution < 1.29 is 19.1 Å². The molecule has 0 saturated heterocycles. The van der Waals surface area contributed by atoms with Crippen molar-refractivity contribution in [1.29, 1.82) is 0 Å². The van der Waals surface area contributed by atoms with Crippen molar-refractivity contribution in [3.8, 4) is 0 Å². The second-order valence-corrected chi connectivity index (χ2v) is 4.69. The van der Waals surface area contributed by atoms with Crippen molar-refractivity contribution in [2.45, 2.75) is 6.61 Å². The maximum Gasteiger partial charge on any atom is 0.348 e. The standard InChI is InChI=1S/C14H12O4S/c1-17-13(15)11-6-4-10(5-7-11)9-18-14(16)12-3-2-8-19-12/h2-8H,9H2,1H3. The van der Waals surface area contributed by atoms with Crippen molar-refractivity contribution >= 4 is 23.3 Å². The number of carbonyl (C=O) groups is 2. The van der Waals surface area contributed by atoms with E-state index in [-0.39, 0.29) is 18.5 Å². The van der Waals surface area contributed by atoms with Crippen LogP contribution in [0.15, 0.2) is 41.8 Å². The third-order valence-corrected chi connectivity index (χ3v) is 3.32. The molecule has 0 bridgehead atoms. The number of esters is 2. The van der Waals surface area contributed by atoms with Crippen LogP contribution in [0.2, 0.25) is 0 Å². The van der Waals surface area contributed by atoms with Gasteiger partial charge in [-0.2, -0.15) is 0 Å². The van der Waals surface area contributed by atoms with Crippen molar-refractivity contribution in [1.82, 2.24) is 0 Å². The molecule has 2 rings (SSSR count). The van der Waals surface area contributed by atoms with Crippen molar-refractivity contribution in [2.75, 3.05) is 7.11 Å². The summed E-state index contributed by atoms with van der Waals surface area (Å²) in [6, 6.07) is 10.3. The van der Waals surface area contributed by atoms with Gasteiger partial charge in [-0.1, -0.05) is 18.2 Å². The SMILES string of the molecule is COC(=O)c1ccc(COC(=O)c2cccs2)cc1. The van der Waals surface area contributed by atoms with Gasteiger partial charge < -0.3 is 9.47 Å². The molecule has 0 unspecified atom stereocenters. The molecule has 0 spiro atoms. The summed E-state index contributed by atoms with van der Waals surface area (Å²) >= 11 is 1.34. The molecule has 0 radical (unpaired) electrons. The molecule has 98 valence electrons. The van der Waals surface area contributed by atoms with Gasteiger partial charge in [-0.15, -0.1) is 11.3 Å². The Balaban J connectivity index is 1.93. The Kier molecular flexibility index (Phi) is 4.30. The van der Waals surface area contributed by atoms with Gasteiger partial charge in [0.1, 0.15) is 11.5 Å². The van der Waals surface area contributed by atoms with E-state index in [1.807, 2.05) is 5.38 Å². The number of hydrogen-bond donors (Lipinski definition) is 0. The molecule has 0 atom stereocenters. The van der Waals surface area contributed by atoms with Gasteiger partial charge in [-0.05, 0) is 29.1 Å². The first kappa shape index (κ1) is 13.3. The Morgan fingerprint density at radius 2 is 1.84 bits per heavy atom. The van der Waals surface area contributed by atoms with Crippen LogP contribution in [0.3, 0.4) is 0 Å². The maximum absolute atomic E-state index is 11.6. The summed E-state index contributed by atoms with van der Waals surface area (Å²) in [5, 5.41) is 1.82. The summed E-state index contributed by atoms with van der Waals surface area (Å²) < 4.78 is 9.75. The average molecular weight is 276 g/mol. The minimum atomic E-state index is -0.387. The number of ether oxygens (including phenoxy) is 2. The monoisotopic (exact) mass is 276 g/mol. The Bertz CT molecular complexity index is 558. The Morgan fingerprint density at radius 3 is 2.42 bits per heavy atom. The zero-order valence-electron chi connectivity index (χ0n) is 10.3. The molecule has 4 nitrogen and oxygen atoms in total. The maximum atomic E-state index is 11.6. The van der Waals surface area contributed by atoms with E-state index in [9.17, 15) is 9.59 Å². The molecule has 0 amide bonds. The van der Waals surface area contributed by atoms with E-state index in [2.05, 4.69) is 4.74 Å². The fourth-order valence-corrected chi connectivity index (χ4v) is 2.09. The highest BCUT2D eigenvalue weighted by Crippen LogP contribution is 2.12. The highest BCUT2D eigenvalue weighted by Gasteiger charge is 2.09. The largest absolute Gasteiger partial charge is 0.465 e. The van der Waals surface area contributed by atoms with Crippen LogP contribution in [-0.2, 0) is 16.1 Å². The first-order chi connectivity index (χ1) is 9.20. The molecule has 19 heavy (non-hydrogen) atoms. The topological polar surface area (TPSA) is 52.6 Å². The molecular formula is C14H12O4S. The minimum absolute atomic E-state index is 0.179. The summed E-state index contributed by atoms with van der Waals surface area (Å²) in [5.74, 6) is -0.728. The molecule has 0 saturated carbocycles. The third-order valence-electron chi connectivity index (χ3n) is 2.47. The number of carbonyl (C=O) groups excluding carboxylic acids is 2. The number of hydrogen-bond acceptors (Lipinski definition) is 5. The average Bonchev–Trinajstić information content (AvgIpc) is 2.98. The van der Waals surface area contributed by atoms with Gasteiger partial charge in [-0.3, -0.25) is 0 Å². The summed E-state index contributed by atoms with van der Waals surface area (Å²) in [7, 11) is 1.33. The van der Waals surface area contributed by atoms with Crippen LogP contribution in [0, 0.1) is 0 Å². The van der Waals surface area contributed by atoms with Crippen molar-refractivity contribution in [2.24, 2.45) is 0 Å². The van der Waals surface area contributed by atoms with E-state index in [1.54, 1.807) is 36.4 Å². The molecule has 0 aliphatic carbocycles. The first-order valence-electron chi connectivity index (χ1n) is 5.58. The van der Waals surface area contributed by atoms with Crippen LogP contribution in [0.5, 0.6) is 0 Å². The van der Waals surface area contributed by atoms with Gasteiger partial charge >= 0.3 is 11.9 Å². The van der Waals surface area contributed by atoms with Gasteiger partial charge in [0.25, 0.3) is 0 Å². The molecule has 1 heterocycles. The summed E-state index contributed by atoms with van der Waals surface area (Å²) in [6.07, 6.45) is 0. The van der Waals surface area contributed by atoms with Gasteiger partial charge in [0.05, 0.1) is 12.7 Å². The van der Waals surface area contributed by atoms with Crippen molar-refractivity contribution in [3.05, 3.63) is 57.8 Å². The fraction of sp³-hybridized carbons (Fsp3) is 0.143. The Labute approximate surface area is 114 Å². The molecule has 1 aromatic heterocycles. The second-order valence-electron chi connectivity index (χ2n) is 3.74.